The number of nitrogens with zero attached hydrogens (tertiary/aromatic N) is 1. The molecule has 3 N–H and O–H groups in total. The number of hydrogen-bond acceptors (Lipinski definition) is 6. The fraction of sp³-hybridized carbons (Fsp3) is 0.318. The number of carbonyl (C=O) groups excluding carboxylic acids is 2. The Kier molecular flexibility index (Phi) is 6.64. The average molecular weight is 428 g/mol. The molecule has 0 radical (unpaired) electrons. The molecule has 0 saturated carbocycles. The first-order chi connectivity index (χ1) is 14.8. The van der Waals surface area contributed by atoms with Gasteiger partial charge in [0.1, 0.15) is 5.75 Å². The summed E-state index contributed by atoms with van der Waals surface area (Å²) in [6.07, 6.45) is 0.638. The van der Waals surface area contributed by atoms with Crippen LogP contribution in [0.1, 0.15) is 22.3 Å². The molecule has 2 amide bonds. The van der Waals surface area contributed by atoms with E-state index < -0.39 is 17.8 Å². The highest BCUT2D eigenvalue weighted by Gasteiger charge is 2.34. The topological polar surface area (TPSA) is 125 Å². The molecule has 0 aromatic heterocycles. The number of rotatable bonds is 8. The molecule has 3 rings (SSSR count). The number of carbonyl (C=O) groups is 3. The van der Waals surface area contributed by atoms with Gasteiger partial charge in [0.05, 0.1) is 31.4 Å². The molecule has 2 aromatic rings. The quantitative estimate of drug-likeness (QED) is 0.550. The van der Waals surface area contributed by atoms with Crippen LogP contribution in [0.25, 0.3) is 0 Å². The Labute approximate surface area is 179 Å². The Morgan fingerprint density at radius 1 is 1.13 bits per heavy atom. The summed E-state index contributed by atoms with van der Waals surface area (Å²) in [5.74, 6) is -1.36. The smallest absolute Gasteiger partial charge is 0.335 e. The number of benzene rings is 2. The van der Waals surface area contributed by atoms with Crippen LogP contribution in [0, 0.1) is 5.92 Å². The Morgan fingerprint density at radius 2 is 1.87 bits per heavy atom. The van der Waals surface area contributed by atoms with Crippen LogP contribution in [-0.4, -0.2) is 60.2 Å². The molecular formula is C22H24N2O7. The van der Waals surface area contributed by atoms with Gasteiger partial charge in [-0.25, -0.2) is 4.79 Å². The van der Waals surface area contributed by atoms with Crippen molar-refractivity contribution in [2.45, 2.75) is 12.8 Å². The number of likely N-dealkylation sites (tertiary alicyclic amines) is 1. The standard InChI is InChI=1S/C22H24N2O7/c1-30-18-6-3-13(9-19(18)31-2)7-8-24-12-15(11-20(24)26)21(27)23-16-10-14(22(28)29)4-5-17(16)25/h3-6,9-10,15,25H,7-8,11-12H2,1-2H3,(H,23,27)(H,28,29). The summed E-state index contributed by atoms with van der Waals surface area (Å²) in [5.41, 5.74) is 0.905. The highest BCUT2D eigenvalue weighted by molar-refractivity contribution is 5.99. The van der Waals surface area contributed by atoms with Crippen molar-refractivity contribution in [3.05, 3.63) is 47.5 Å². The third-order valence-electron chi connectivity index (χ3n) is 5.21. The van der Waals surface area contributed by atoms with Crippen molar-refractivity contribution in [1.29, 1.82) is 0 Å². The number of hydrogen-bond donors (Lipinski definition) is 3. The molecule has 9 heteroatoms. The molecule has 1 heterocycles. The lowest BCUT2D eigenvalue weighted by Crippen LogP contribution is -2.30. The van der Waals surface area contributed by atoms with E-state index in [0.29, 0.717) is 24.5 Å². The normalized spacial score (nSPS) is 15.6. The first kappa shape index (κ1) is 21.9. The van der Waals surface area contributed by atoms with Crippen LogP contribution in [0.5, 0.6) is 17.2 Å². The van der Waals surface area contributed by atoms with Crippen molar-refractivity contribution >= 4 is 23.5 Å². The van der Waals surface area contributed by atoms with E-state index in [9.17, 15) is 19.5 Å². The number of methoxy groups -OCH3 is 2. The minimum absolute atomic E-state index is 0.00104. The predicted molar refractivity (Wildman–Crippen MR) is 112 cm³/mol. The van der Waals surface area contributed by atoms with Gasteiger partial charge in [-0.2, -0.15) is 0 Å². The van der Waals surface area contributed by atoms with E-state index >= 15 is 0 Å². The monoisotopic (exact) mass is 428 g/mol. The second-order valence-corrected chi connectivity index (χ2v) is 7.21. The summed E-state index contributed by atoms with van der Waals surface area (Å²) >= 11 is 0. The average Bonchev–Trinajstić information content (AvgIpc) is 3.14. The lowest BCUT2D eigenvalue weighted by Gasteiger charge is -2.17. The van der Waals surface area contributed by atoms with Gasteiger partial charge in [-0.15, -0.1) is 0 Å². The van der Waals surface area contributed by atoms with Crippen molar-refractivity contribution in [1.82, 2.24) is 4.90 Å². The SMILES string of the molecule is COc1ccc(CCN2CC(C(=O)Nc3cc(C(=O)O)ccc3O)CC2=O)cc1OC. The molecule has 0 bridgehead atoms. The van der Waals surface area contributed by atoms with Gasteiger partial charge in [-0.3, -0.25) is 9.59 Å². The predicted octanol–water partition coefficient (Wildman–Crippen LogP) is 2.14. The number of carboxylic acids is 1. The van der Waals surface area contributed by atoms with Gasteiger partial charge in [0, 0.05) is 19.5 Å². The van der Waals surface area contributed by atoms with Crippen LogP contribution in [0.15, 0.2) is 36.4 Å². The molecule has 1 atom stereocenters. The molecular weight excluding hydrogens is 404 g/mol. The highest BCUT2D eigenvalue weighted by atomic mass is 16.5. The molecule has 1 aliphatic heterocycles. The second kappa shape index (κ2) is 9.38. The molecule has 1 unspecified atom stereocenters. The molecule has 1 saturated heterocycles. The lowest BCUT2D eigenvalue weighted by atomic mass is 10.1. The summed E-state index contributed by atoms with van der Waals surface area (Å²) in [5, 5.41) is 21.5. The molecule has 2 aromatic carbocycles. The van der Waals surface area contributed by atoms with Crippen molar-refractivity contribution in [3.63, 3.8) is 0 Å². The van der Waals surface area contributed by atoms with Crippen molar-refractivity contribution in [2.24, 2.45) is 5.92 Å². The number of carboxylic acid groups (broad SMARTS) is 1. The largest absolute Gasteiger partial charge is 0.506 e. The summed E-state index contributed by atoms with van der Waals surface area (Å²) in [4.78, 5) is 37.7. The van der Waals surface area contributed by atoms with E-state index in [0.717, 1.165) is 5.56 Å². The van der Waals surface area contributed by atoms with Gasteiger partial charge in [-0.05, 0) is 42.3 Å². The van der Waals surface area contributed by atoms with Gasteiger partial charge >= 0.3 is 5.97 Å². The third-order valence-corrected chi connectivity index (χ3v) is 5.21. The maximum absolute atomic E-state index is 12.6. The van der Waals surface area contributed by atoms with Gasteiger partial charge in [0.15, 0.2) is 11.5 Å². The van der Waals surface area contributed by atoms with Gasteiger partial charge in [0.2, 0.25) is 11.8 Å². The van der Waals surface area contributed by atoms with Crippen molar-refractivity contribution < 1.29 is 34.1 Å². The van der Waals surface area contributed by atoms with E-state index in [-0.39, 0.29) is 35.9 Å². The Hall–Kier alpha value is -3.75. The van der Waals surface area contributed by atoms with E-state index in [1.807, 2.05) is 12.1 Å². The van der Waals surface area contributed by atoms with Crippen LogP contribution in [-0.2, 0) is 16.0 Å². The molecule has 0 aliphatic carbocycles. The van der Waals surface area contributed by atoms with E-state index in [1.54, 1.807) is 25.2 Å². The Morgan fingerprint density at radius 3 is 2.55 bits per heavy atom. The van der Waals surface area contributed by atoms with Crippen LogP contribution in [0.2, 0.25) is 0 Å². The van der Waals surface area contributed by atoms with Crippen molar-refractivity contribution in [3.8, 4) is 17.2 Å². The van der Waals surface area contributed by atoms with Crippen LogP contribution < -0.4 is 14.8 Å². The van der Waals surface area contributed by atoms with E-state index in [1.165, 1.54) is 18.2 Å². The third kappa shape index (κ3) is 5.06. The Bertz CT molecular complexity index is 1010. The van der Waals surface area contributed by atoms with Gasteiger partial charge in [-0.1, -0.05) is 6.07 Å². The van der Waals surface area contributed by atoms with Crippen LogP contribution in [0.4, 0.5) is 5.69 Å². The molecule has 0 spiro atoms. The minimum Gasteiger partial charge on any atom is -0.506 e. The van der Waals surface area contributed by atoms with Gasteiger partial charge in [0.25, 0.3) is 0 Å². The first-order valence-corrected chi connectivity index (χ1v) is 9.68. The van der Waals surface area contributed by atoms with Crippen molar-refractivity contribution in [2.75, 3.05) is 32.6 Å². The number of nitrogens with one attached hydrogen (secondary N) is 1. The summed E-state index contributed by atoms with van der Waals surface area (Å²) < 4.78 is 10.5. The number of ether oxygens (including phenoxy) is 2. The molecule has 1 aliphatic rings. The summed E-state index contributed by atoms with van der Waals surface area (Å²) in [6.45, 7) is 0.690. The maximum atomic E-state index is 12.6. The molecule has 1 fully saturated rings. The highest BCUT2D eigenvalue weighted by Crippen LogP contribution is 2.29. The van der Waals surface area contributed by atoms with Crippen LogP contribution >= 0.6 is 0 Å². The second-order valence-electron chi connectivity index (χ2n) is 7.21. The number of amides is 2. The number of phenols is 1. The zero-order chi connectivity index (χ0) is 22.5. The Balaban J connectivity index is 1.60. The summed E-state index contributed by atoms with van der Waals surface area (Å²) in [7, 11) is 3.11. The molecule has 31 heavy (non-hydrogen) atoms. The number of anilines is 1. The van der Waals surface area contributed by atoms with E-state index in [4.69, 9.17) is 14.6 Å². The summed E-state index contributed by atoms with van der Waals surface area (Å²) in [6, 6.07) is 9.16. The zero-order valence-corrected chi connectivity index (χ0v) is 17.3. The molecule has 164 valence electrons. The maximum Gasteiger partial charge on any atom is 0.335 e. The van der Waals surface area contributed by atoms with Gasteiger partial charge < -0.3 is 29.9 Å². The number of phenolic OH excluding ortho intramolecular Hbond substituents is 1. The fourth-order valence-corrected chi connectivity index (χ4v) is 3.47. The lowest BCUT2D eigenvalue weighted by molar-refractivity contribution is -0.128. The van der Waals surface area contributed by atoms with E-state index in [2.05, 4.69) is 5.32 Å². The zero-order valence-electron chi connectivity index (χ0n) is 17.3. The minimum atomic E-state index is -1.17. The first-order valence-electron chi connectivity index (χ1n) is 9.68. The van der Waals surface area contributed by atoms with Crippen LogP contribution in [0.3, 0.4) is 0 Å². The number of aromatic hydroxyl groups is 1. The fourth-order valence-electron chi connectivity index (χ4n) is 3.47. The number of aromatic carboxylic acids is 1. The molecule has 9 nitrogen and oxygen atoms in total.